The first-order chi connectivity index (χ1) is 8.68. The van der Waals surface area contributed by atoms with Gasteiger partial charge in [-0.25, -0.2) is 0 Å². The highest BCUT2D eigenvalue weighted by Crippen LogP contribution is 2.33. The lowest BCUT2D eigenvalue weighted by Crippen LogP contribution is -2.43. The predicted octanol–water partition coefficient (Wildman–Crippen LogP) is 1.15. The van der Waals surface area contributed by atoms with E-state index in [-0.39, 0.29) is 11.3 Å². The average Bonchev–Trinajstić information content (AvgIpc) is 3.00. The molecule has 2 rings (SSSR count). The summed E-state index contributed by atoms with van der Waals surface area (Å²) < 4.78 is 0. The van der Waals surface area contributed by atoms with Crippen molar-refractivity contribution in [3.05, 3.63) is 18.0 Å². The summed E-state index contributed by atoms with van der Waals surface area (Å²) in [6.45, 7) is 4.53. The van der Waals surface area contributed by atoms with E-state index >= 15 is 0 Å². The number of hydrogen-bond donors (Lipinski definition) is 2. The highest BCUT2D eigenvalue weighted by molar-refractivity contribution is 5.83. The van der Waals surface area contributed by atoms with Gasteiger partial charge in [-0.15, -0.1) is 0 Å². The molecule has 0 aromatic carbocycles. The molecule has 0 bridgehead atoms. The lowest BCUT2D eigenvalue weighted by molar-refractivity contribution is -0.140. The van der Waals surface area contributed by atoms with E-state index in [1.54, 1.807) is 6.20 Å². The van der Waals surface area contributed by atoms with Crippen LogP contribution < -0.4 is 5.32 Å². The maximum atomic E-state index is 12.6. The normalized spacial score (nSPS) is 23.2. The van der Waals surface area contributed by atoms with E-state index in [1.165, 1.54) is 0 Å². The van der Waals surface area contributed by atoms with Crippen molar-refractivity contribution in [1.29, 1.82) is 0 Å². The third-order valence-corrected chi connectivity index (χ3v) is 3.75. The molecule has 2 N–H and O–H groups in total. The number of amides is 1. The fourth-order valence-electron chi connectivity index (χ4n) is 2.84. The molecule has 1 amide bonds. The molecule has 5 nitrogen and oxygen atoms in total. The Morgan fingerprint density at radius 1 is 1.61 bits per heavy atom. The fourth-order valence-corrected chi connectivity index (χ4v) is 2.84. The van der Waals surface area contributed by atoms with Gasteiger partial charge in [0.25, 0.3) is 0 Å². The molecule has 0 aliphatic carbocycles. The van der Waals surface area contributed by atoms with Crippen LogP contribution in [0.1, 0.15) is 31.7 Å². The van der Waals surface area contributed by atoms with E-state index < -0.39 is 0 Å². The minimum absolute atomic E-state index is 0.187. The van der Waals surface area contributed by atoms with E-state index in [9.17, 15) is 4.79 Å². The van der Waals surface area contributed by atoms with Gasteiger partial charge in [0.15, 0.2) is 0 Å². The van der Waals surface area contributed by atoms with E-state index in [2.05, 4.69) is 22.4 Å². The van der Waals surface area contributed by atoms with Crippen LogP contribution in [0, 0.1) is 5.41 Å². The summed E-state index contributed by atoms with van der Waals surface area (Å²) in [6, 6.07) is 0. The molecule has 1 aromatic rings. The minimum atomic E-state index is -0.187. The van der Waals surface area contributed by atoms with Gasteiger partial charge in [-0.1, -0.05) is 13.3 Å². The van der Waals surface area contributed by atoms with Crippen LogP contribution in [0.5, 0.6) is 0 Å². The third kappa shape index (κ3) is 2.56. The van der Waals surface area contributed by atoms with Gasteiger partial charge in [0.2, 0.25) is 5.91 Å². The van der Waals surface area contributed by atoms with Crippen LogP contribution in [0.2, 0.25) is 0 Å². The zero-order valence-electron chi connectivity index (χ0n) is 11.2. The highest BCUT2D eigenvalue weighted by Gasteiger charge is 2.41. The number of rotatable bonds is 5. The number of H-pyrrole nitrogens is 1. The van der Waals surface area contributed by atoms with Crippen molar-refractivity contribution in [2.75, 3.05) is 20.1 Å². The lowest BCUT2D eigenvalue weighted by Gasteiger charge is -2.31. The zero-order valence-corrected chi connectivity index (χ0v) is 11.2. The van der Waals surface area contributed by atoms with Crippen LogP contribution in [0.4, 0.5) is 0 Å². The summed E-state index contributed by atoms with van der Waals surface area (Å²) in [4.78, 5) is 14.5. The first kappa shape index (κ1) is 13.1. The molecule has 1 unspecified atom stereocenters. The van der Waals surface area contributed by atoms with Crippen LogP contribution in [-0.4, -0.2) is 41.1 Å². The number of carbonyl (C=O) groups excluding carboxylic acids is 1. The molecule has 0 saturated carbocycles. The summed E-state index contributed by atoms with van der Waals surface area (Å²) in [6.07, 6.45) is 6.57. The summed E-state index contributed by atoms with van der Waals surface area (Å²) >= 11 is 0. The van der Waals surface area contributed by atoms with Gasteiger partial charge in [-0.05, 0) is 19.4 Å². The first-order valence-electron chi connectivity index (χ1n) is 6.62. The van der Waals surface area contributed by atoms with Crippen molar-refractivity contribution in [3.63, 3.8) is 0 Å². The number of aromatic nitrogens is 2. The lowest BCUT2D eigenvalue weighted by atomic mass is 9.81. The van der Waals surface area contributed by atoms with Crippen LogP contribution in [0.15, 0.2) is 12.4 Å². The largest absolute Gasteiger partial charge is 0.341 e. The van der Waals surface area contributed by atoms with Crippen LogP contribution in [-0.2, 0) is 11.3 Å². The molecule has 1 saturated heterocycles. The van der Waals surface area contributed by atoms with E-state index in [4.69, 9.17) is 0 Å². The molecule has 1 aromatic heterocycles. The van der Waals surface area contributed by atoms with Crippen molar-refractivity contribution in [1.82, 2.24) is 20.4 Å². The standard InChI is InChI=1S/C13H22N4O/c1-3-4-13(5-6-14-10-13)12(18)17(2)9-11-7-15-16-8-11/h7-8,14H,3-6,9-10H2,1-2H3,(H,15,16). The molecule has 2 heterocycles. The molecular weight excluding hydrogens is 228 g/mol. The smallest absolute Gasteiger partial charge is 0.230 e. The van der Waals surface area contributed by atoms with Crippen LogP contribution in [0.3, 0.4) is 0 Å². The maximum Gasteiger partial charge on any atom is 0.230 e. The molecule has 1 atom stereocenters. The molecule has 1 aliphatic heterocycles. The Morgan fingerprint density at radius 2 is 2.44 bits per heavy atom. The molecule has 5 heteroatoms. The molecule has 0 radical (unpaired) electrons. The monoisotopic (exact) mass is 250 g/mol. The second-order valence-electron chi connectivity index (χ2n) is 5.22. The highest BCUT2D eigenvalue weighted by atomic mass is 16.2. The van der Waals surface area contributed by atoms with Gasteiger partial charge in [0.05, 0.1) is 11.6 Å². The Hall–Kier alpha value is -1.36. The van der Waals surface area contributed by atoms with Crippen molar-refractivity contribution in [3.8, 4) is 0 Å². The molecule has 0 spiro atoms. The van der Waals surface area contributed by atoms with Gasteiger partial charge in [-0.3, -0.25) is 9.89 Å². The van der Waals surface area contributed by atoms with Crippen molar-refractivity contribution >= 4 is 5.91 Å². The number of nitrogens with one attached hydrogen (secondary N) is 2. The Balaban J connectivity index is 2.04. The second-order valence-corrected chi connectivity index (χ2v) is 5.22. The van der Waals surface area contributed by atoms with Gasteiger partial charge in [-0.2, -0.15) is 5.10 Å². The minimum Gasteiger partial charge on any atom is -0.341 e. The predicted molar refractivity (Wildman–Crippen MR) is 69.9 cm³/mol. The summed E-state index contributed by atoms with van der Waals surface area (Å²) in [5.41, 5.74) is 0.858. The third-order valence-electron chi connectivity index (χ3n) is 3.75. The van der Waals surface area contributed by atoms with Crippen molar-refractivity contribution < 1.29 is 4.79 Å². The molecule has 1 aliphatic rings. The number of carbonyl (C=O) groups is 1. The van der Waals surface area contributed by atoms with Crippen LogP contribution in [0.25, 0.3) is 0 Å². The van der Waals surface area contributed by atoms with E-state index in [0.717, 1.165) is 37.9 Å². The average molecular weight is 250 g/mol. The molecular formula is C13H22N4O. The summed E-state index contributed by atoms with van der Waals surface area (Å²) in [5.74, 6) is 0.260. The Bertz CT molecular complexity index is 382. The van der Waals surface area contributed by atoms with E-state index in [1.807, 2.05) is 18.1 Å². The molecule has 1 fully saturated rings. The Labute approximate surface area is 108 Å². The summed E-state index contributed by atoms with van der Waals surface area (Å²) in [5, 5.41) is 10.0. The van der Waals surface area contributed by atoms with Gasteiger partial charge >= 0.3 is 0 Å². The molecule has 100 valence electrons. The van der Waals surface area contributed by atoms with Crippen LogP contribution >= 0.6 is 0 Å². The SMILES string of the molecule is CCCC1(C(=O)N(C)Cc2cn[nH]c2)CCNC1. The quantitative estimate of drug-likeness (QED) is 0.824. The fraction of sp³-hybridized carbons (Fsp3) is 0.692. The van der Waals surface area contributed by atoms with Gasteiger partial charge in [0.1, 0.15) is 0 Å². The van der Waals surface area contributed by atoms with E-state index in [0.29, 0.717) is 6.54 Å². The first-order valence-corrected chi connectivity index (χ1v) is 6.62. The Morgan fingerprint density at radius 3 is 3.00 bits per heavy atom. The molecule has 18 heavy (non-hydrogen) atoms. The number of hydrogen-bond acceptors (Lipinski definition) is 3. The Kier molecular flexibility index (Phi) is 4.01. The summed E-state index contributed by atoms with van der Waals surface area (Å²) in [7, 11) is 1.88. The topological polar surface area (TPSA) is 61.0 Å². The van der Waals surface area contributed by atoms with Crippen molar-refractivity contribution in [2.45, 2.75) is 32.7 Å². The maximum absolute atomic E-state index is 12.6. The zero-order chi connectivity index (χ0) is 13.0. The van der Waals surface area contributed by atoms with Gasteiger partial charge < -0.3 is 10.2 Å². The van der Waals surface area contributed by atoms with Gasteiger partial charge in [0, 0.05) is 31.9 Å². The number of nitrogens with zero attached hydrogens (tertiary/aromatic N) is 2. The van der Waals surface area contributed by atoms with Crippen molar-refractivity contribution in [2.24, 2.45) is 5.41 Å². The number of aromatic amines is 1. The second kappa shape index (κ2) is 5.52.